The first-order valence-corrected chi connectivity index (χ1v) is 9.24. The molecule has 28 heavy (non-hydrogen) atoms. The van der Waals surface area contributed by atoms with E-state index in [9.17, 15) is 4.79 Å². The Morgan fingerprint density at radius 3 is 2.43 bits per heavy atom. The number of rotatable bonds is 5. The van der Waals surface area contributed by atoms with Crippen LogP contribution in [0, 0.1) is 27.7 Å². The van der Waals surface area contributed by atoms with Crippen molar-refractivity contribution in [2.75, 3.05) is 0 Å². The number of amides is 1. The van der Waals surface area contributed by atoms with Gasteiger partial charge in [-0.05, 0) is 64.5 Å². The Morgan fingerprint density at radius 1 is 1.14 bits per heavy atom. The summed E-state index contributed by atoms with van der Waals surface area (Å²) in [7, 11) is 0. The Bertz CT molecular complexity index is 1020. The average Bonchev–Trinajstić information content (AvgIpc) is 3.18. The van der Waals surface area contributed by atoms with Gasteiger partial charge in [0, 0.05) is 30.1 Å². The van der Waals surface area contributed by atoms with Crippen molar-refractivity contribution in [3.63, 3.8) is 0 Å². The molecule has 0 aliphatic rings. The Labute approximate surface area is 165 Å². The Morgan fingerprint density at radius 2 is 1.82 bits per heavy atom. The van der Waals surface area contributed by atoms with Crippen LogP contribution in [-0.4, -0.2) is 20.6 Å². The number of nitrogens with one attached hydrogen (secondary N) is 1. The molecule has 1 amide bonds. The van der Waals surface area contributed by atoms with Crippen LogP contribution < -0.4 is 5.32 Å². The quantitative estimate of drug-likeness (QED) is 0.677. The number of hydrogen-bond acceptors (Lipinski definition) is 4. The molecule has 0 aliphatic carbocycles. The lowest BCUT2D eigenvalue weighted by atomic mass is 10.0. The largest absolute Gasteiger partial charge is 0.340 e. The predicted octanol–water partition coefficient (Wildman–Crippen LogP) is 4.16. The molecular formula is C22H26N4O2. The lowest BCUT2D eigenvalue weighted by Gasteiger charge is -2.21. The molecule has 2 heterocycles. The van der Waals surface area contributed by atoms with Gasteiger partial charge in [0.1, 0.15) is 0 Å². The van der Waals surface area contributed by atoms with Gasteiger partial charge in [-0.25, -0.2) is 0 Å². The molecular weight excluding hydrogens is 352 g/mol. The highest BCUT2D eigenvalue weighted by Gasteiger charge is 2.27. The third-order valence-corrected chi connectivity index (χ3v) is 4.70. The Hall–Kier alpha value is -3.15. The molecule has 0 radical (unpaired) electrons. The van der Waals surface area contributed by atoms with E-state index in [1.165, 1.54) is 11.6 Å². The summed E-state index contributed by atoms with van der Waals surface area (Å²) in [6.07, 6.45) is 3.37. The summed E-state index contributed by atoms with van der Waals surface area (Å²) in [5.41, 5.74) is 4.81. The van der Waals surface area contributed by atoms with Crippen molar-refractivity contribution < 1.29 is 9.32 Å². The first kappa shape index (κ1) is 19.6. The molecule has 1 aromatic carbocycles. The summed E-state index contributed by atoms with van der Waals surface area (Å²) in [6, 6.07) is 10.5. The van der Waals surface area contributed by atoms with Gasteiger partial charge in [0.25, 0.3) is 0 Å². The summed E-state index contributed by atoms with van der Waals surface area (Å²) in [4.78, 5) is 16.6. The van der Waals surface area contributed by atoms with Gasteiger partial charge in [0.15, 0.2) is 5.82 Å². The molecule has 0 bridgehead atoms. The van der Waals surface area contributed by atoms with Gasteiger partial charge in [-0.15, -0.1) is 0 Å². The maximum absolute atomic E-state index is 12.4. The molecule has 3 rings (SSSR count). The molecule has 0 fully saturated rings. The number of carbonyl (C=O) groups is 1. The lowest BCUT2D eigenvalue weighted by molar-refractivity contribution is -0.118. The maximum atomic E-state index is 12.4. The van der Waals surface area contributed by atoms with Gasteiger partial charge in [-0.1, -0.05) is 22.9 Å². The third-order valence-electron chi connectivity index (χ3n) is 4.70. The highest BCUT2D eigenvalue weighted by Crippen LogP contribution is 2.22. The normalized spacial score (nSPS) is 11.9. The summed E-state index contributed by atoms with van der Waals surface area (Å²) in [6.45, 7) is 11.6. The van der Waals surface area contributed by atoms with Crippen LogP contribution in [0.5, 0.6) is 0 Å². The SMILES string of the molecule is Cc1ccc(-n2c(C)cc(/C=C/C(=O)NC(C)(C)c3noc(C)n3)c2C)cc1. The molecule has 0 unspecified atom stereocenters. The van der Waals surface area contributed by atoms with Gasteiger partial charge in [-0.3, -0.25) is 4.79 Å². The predicted molar refractivity (Wildman–Crippen MR) is 109 cm³/mol. The highest BCUT2D eigenvalue weighted by molar-refractivity contribution is 5.92. The van der Waals surface area contributed by atoms with E-state index in [0.717, 1.165) is 22.6 Å². The zero-order valence-corrected chi connectivity index (χ0v) is 17.2. The van der Waals surface area contributed by atoms with Crippen LogP contribution in [0.3, 0.4) is 0 Å². The van der Waals surface area contributed by atoms with E-state index in [4.69, 9.17) is 4.52 Å². The Kier molecular flexibility index (Phi) is 5.23. The van der Waals surface area contributed by atoms with Crippen LogP contribution >= 0.6 is 0 Å². The smallest absolute Gasteiger partial charge is 0.244 e. The topological polar surface area (TPSA) is 73.0 Å². The van der Waals surface area contributed by atoms with Crippen molar-refractivity contribution in [2.24, 2.45) is 0 Å². The first-order valence-electron chi connectivity index (χ1n) is 9.24. The van der Waals surface area contributed by atoms with Gasteiger partial charge < -0.3 is 14.4 Å². The zero-order valence-electron chi connectivity index (χ0n) is 17.2. The van der Waals surface area contributed by atoms with E-state index in [1.807, 2.05) is 19.9 Å². The minimum absolute atomic E-state index is 0.215. The molecule has 2 aromatic heterocycles. The van der Waals surface area contributed by atoms with Crippen LogP contribution in [-0.2, 0) is 10.3 Å². The van der Waals surface area contributed by atoms with Crippen molar-refractivity contribution in [3.05, 3.63) is 70.6 Å². The van der Waals surface area contributed by atoms with E-state index in [2.05, 4.69) is 71.1 Å². The molecule has 6 heteroatoms. The Balaban J connectivity index is 1.78. The van der Waals surface area contributed by atoms with Gasteiger partial charge in [0.05, 0.1) is 5.54 Å². The summed E-state index contributed by atoms with van der Waals surface area (Å²) in [5, 5.41) is 6.82. The monoisotopic (exact) mass is 378 g/mol. The number of aromatic nitrogens is 3. The lowest BCUT2D eigenvalue weighted by Crippen LogP contribution is -2.41. The highest BCUT2D eigenvalue weighted by atomic mass is 16.5. The van der Waals surface area contributed by atoms with Crippen molar-refractivity contribution >= 4 is 12.0 Å². The van der Waals surface area contributed by atoms with Gasteiger partial charge in [-0.2, -0.15) is 4.98 Å². The second-order valence-electron chi connectivity index (χ2n) is 7.58. The number of benzene rings is 1. The van der Waals surface area contributed by atoms with E-state index in [1.54, 1.807) is 6.92 Å². The molecule has 0 saturated carbocycles. The molecule has 146 valence electrons. The van der Waals surface area contributed by atoms with Crippen LogP contribution in [0.25, 0.3) is 11.8 Å². The number of nitrogens with zero attached hydrogens (tertiary/aromatic N) is 3. The van der Waals surface area contributed by atoms with Crippen molar-refractivity contribution in [1.82, 2.24) is 20.0 Å². The fourth-order valence-electron chi connectivity index (χ4n) is 3.17. The van der Waals surface area contributed by atoms with Crippen molar-refractivity contribution in [1.29, 1.82) is 0 Å². The average molecular weight is 378 g/mol. The standard InChI is InChI=1S/C22H26N4O2/c1-14-7-10-19(11-8-14)26-15(2)13-18(16(26)3)9-12-20(27)24-22(5,6)21-23-17(4)28-25-21/h7-13H,1-6H3,(H,24,27)/b12-9+. The van der Waals surface area contributed by atoms with Crippen LogP contribution in [0.1, 0.15) is 48.1 Å². The summed E-state index contributed by atoms with van der Waals surface area (Å²) < 4.78 is 7.19. The minimum Gasteiger partial charge on any atom is -0.340 e. The number of aryl methyl sites for hydroxylation is 3. The first-order chi connectivity index (χ1) is 13.2. The van der Waals surface area contributed by atoms with Crippen molar-refractivity contribution in [3.8, 4) is 5.69 Å². The molecule has 0 saturated heterocycles. The molecule has 0 spiro atoms. The molecule has 0 atom stereocenters. The van der Waals surface area contributed by atoms with Crippen LogP contribution in [0.15, 0.2) is 40.9 Å². The van der Waals surface area contributed by atoms with Gasteiger partial charge in [0.2, 0.25) is 11.8 Å². The molecule has 1 N–H and O–H groups in total. The minimum atomic E-state index is -0.724. The summed E-state index contributed by atoms with van der Waals surface area (Å²) >= 11 is 0. The number of hydrogen-bond donors (Lipinski definition) is 1. The van der Waals surface area contributed by atoms with Crippen LogP contribution in [0.4, 0.5) is 0 Å². The fourth-order valence-corrected chi connectivity index (χ4v) is 3.17. The van der Waals surface area contributed by atoms with Gasteiger partial charge >= 0.3 is 0 Å². The molecule has 0 aliphatic heterocycles. The van der Waals surface area contributed by atoms with Crippen molar-refractivity contribution in [2.45, 2.75) is 47.1 Å². The maximum Gasteiger partial charge on any atom is 0.244 e. The number of carbonyl (C=O) groups excluding carboxylic acids is 1. The van der Waals surface area contributed by atoms with E-state index >= 15 is 0 Å². The van der Waals surface area contributed by atoms with E-state index in [0.29, 0.717) is 11.7 Å². The molecule has 6 nitrogen and oxygen atoms in total. The fraction of sp³-hybridized carbons (Fsp3) is 0.318. The van der Waals surface area contributed by atoms with Crippen LogP contribution in [0.2, 0.25) is 0 Å². The second-order valence-corrected chi connectivity index (χ2v) is 7.58. The van der Waals surface area contributed by atoms with E-state index in [-0.39, 0.29) is 5.91 Å². The zero-order chi connectivity index (χ0) is 20.5. The molecule has 3 aromatic rings. The summed E-state index contributed by atoms with van der Waals surface area (Å²) in [5.74, 6) is 0.702. The van der Waals surface area contributed by atoms with E-state index < -0.39 is 5.54 Å². The third kappa shape index (κ3) is 4.06. The second kappa shape index (κ2) is 7.46.